The quantitative estimate of drug-likeness (QED) is 0.624. The summed E-state index contributed by atoms with van der Waals surface area (Å²) in [6.45, 7) is 2.15. The number of aromatic nitrogens is 1. The van der Waals surface area contributed by atoms with Gasteiger partial charge in [-0.3, -0.25) is 9.69 Å². The zero-order valence-electron chi connectivity index (χ0n) is 16.9. The van der Waals surface area contributed by atoms with Gasteiger partial charge >= 0.3 is 0 Å². The van der Waals surface area contributed by atoms with Crippen molar-refractivity contribution in [2.24, 2.45) is 0 Å². The molecule has 156 valence electrons. The van der Waals surface area contributed by atoms with Crippen LogP contribution in [0.15, 0.2) is 54.7 Å². The fourth-order valence-electron chi connectivity index (χ4n) is 3.70. The smallest absolute Gasteiger partial charge is 0.234 e. The van der Waals surface area contributed by atoms with Gasteiger partial charge in [0.1, 0.15) is 18.5 Å². The largest absolute Gasteiger partial charge is 0.490 e. The Kier molecular flexibility index (Phi) is 6.11. The number of methoxy groups -OCH3 is 1. The number of nitrogens with zero attached hydrogens (tertiary/aromatic N) is 2. The van der Waals surface area contributed by atoms with Crippen molar-refractivity contribution in [3.63, 3.8) is 0 Å². The first kappa shape index (κ1) is 20.1. The number of piperazine rings is 1. The first-order valence-electron chi connectivity index (χ1n) is 9.96. The average molecular weight is 407 g/mol. The topological polar surface area (TPSA) is 83.9 Å². The normalized spacial score (nSPS) is 15.6. The number of carbonyl (C=O) groups is 1. The van der Waals surface area contributed by atoms with E-state index in [1.807, 2.05) is 47.4 Å². The minimum Gasteiger partial charge on any atom is -0.490 e. The van der Waals surface area contributed by atoms with Crippen LogP contribution in [0.25, 0.3) is 21.9 Å². The number of rotatable bonds is 7. The standard InChI is InChI=1S/C23H25N3O4/c1-29-22-9-7-17(12-25-22)23-19-5-3-2-4-16(19)6-8-20(23)30-15-18(27)13-26-11-10-24-21(28)14-26/h2-9,12,18,27H,10-11,13-15H2,1H3,(H,24,28). The minimum atomic E-state index is -0.704. The van der Waals surface area contributed by atoms with E-state index >= 15 is 0 Å². The second-order valence-electron chi connectivity index (χ2n) is 7.30. The first-order valence-corrected chi connectivity index (χ1v) is 9.96. The lowest BCUT2D eigenvalue weighted by molar-refractivity contribution is -0.124. The molecule has 0 bridgehead atoms. The number of carbonyl (C=O) groups excluding carboxylic acids is 1. The van der Waals surface area contributed by atoms with Gasteiger partial charge in [-0.25, -0.2) is 4.98 Å². The van der Waals surface area contributed by atoms with Crippen molar-refractivity contribution in [1.82, 2.24) is 15.2 Å². The van der Waals surface area contributed by atoms with Crippen LogP contribution in [0.4, 0.5) is 0 Å². The van der Waals surface area contributed by atoms with E-state index in [2.05, 4.69) is 16.4 Å². The molecule has 4 rings (SSSR count). The molecule has 0 spiro atoms. The van der Waals surface area contributed by atoms with Gasteiger partial charge in [-0.2, -0.15) is 0 Å². The van der Waals surface area contributed by atoms with Gasteiger partial charge in [0.15, 0.2) is 0 Å². The Hall–Kier alpha value is -3.16. The number of hydrogen-bond acceptors (Lipinski definition) is 6. The van der Waals surface area contributed by atoms with Gasteiger partial charge in [0.2, 0.25) is 11.8 Å². The molecule has 1 saturated heterocycles. The molecule has 1 aliphatic heterocycles. The van der Waals surface area contributed by atoms with Crippen LogP contribution in [0.5, 0.6) is 11.6 Å². The summed E-state index contributed by atoms with van der Waals surface area (Å²) < 4.78 is 11.2. The van der Waals surface area contributed by atoms with E-state index in [0.717, 1.165) is 28.4 Å². The number of amides is 1. The van der Waals surface area contributed by atoms with Crippen LogP contribution in [0.1, 0.15) is 0 Å². The second kappa shape index (κ2) is 9.11. The van der Waals surface area contributed by atoms with Crippen molar-refractivity contribution < 1.29 is 19.4 Å². The molecule has 1 amide bonds. The number of nitrogens with one attached hydrogen (secondary N) is 1. The molecule has 2 N–H and O–H groups in total. The Labute approximate surface area is 175 Å². The Balaban J connectivity index is 1.56. The van der Waals surface area contributed by atoms with Crippen molar-refractivity contribution in [1.29, 1.82) is 0 Å². The molecule has 1 fully saturated rings. The molecule has 0 aliphatic carbocycles. The number of benzene rings is 2. The molecule has 1 aliphatic rings. The molecule has 1 aromatic heterocycles. The van der Waals surface area contributed by atoms with Gasteiger partial charge in [-0.1, -0.05) is 30.3 Å². The van der Waals surface area contributed by atoms with E-state index in [9.17, 15) is 9.90 Å². The molecule has 0 saturated carbocycles. The van der Waals surface area contributed by atoms with Crippen LogP contribution in [-0.4, -0.2) is 66.9 Å². The average Bonchev–Trinajstić information content (AvgIpc) is 2.77. The predicted octanol–water partition coefficient (Wildman–Crippen LogP) is 2.08. The van der Waals surface area contributed by atoms with E-state index in [-0.39, 0.29) is 12.5 Å². The van der Waals surface area contributed by atoms with E-state index in [1.165, 1.54) is 0 Å². The van der Waals surface area contributed by atoms with E-state index in [4.69, 9.17) is 9.47 Å². The van der Waals surface area contributed by atoms with Gasteiger partial charge in [-0.15, -0.1) is 0 Å². The molecule has 30 heavy (non-hydrogen) atoms. The second-order valence-corrected chi connectivity index (χ2v) is 7.30. The van der Waals surface area contributed by atoms with E-state index < -0.39 is 6.10 Å². The van der Waals surface area contributed by atoms with Crippen LogP contribution in [0.3, 0.4) is 0 Å². The van der Waals surface area contributed by atoms with Crippen molar-refractivity contribution in [3.8, 4) is 22.8 Å². The maximum atomic E-state index is 11.5. The molecular weight excluding hydrogens is 382 g/mol. The number of pyridine rings is 1. The van der Waals surface area contributed by atoms with Crippen LogP contribution in [0, 0.1) is 0 Å². The Bertz CT molecular complexity index is 1020. The number of ether oxygens (including phenoxy) is 2. The number of β-amino-alcohol motifs (C(OH)–C–C–N with tert-alkyl or cyclic N) is 1. The third-order valence-electron chi connectivity index (χ3n) is 5.14. The summed E-state index contributed by atoms with van der Waals surface area (Å²) in [5, 5.41) is 15.4. The molecule has 2 heterocycles. The molecule has 0 radical (unpaired) electrons. The maximum absolute atomic E-state index is 11.5. The summed E-state index contributed by atoms with van der Waals surface area (Å²) in [5.74, 6) is 1.21. The SMILES string of the molecule is COc1ccc(-c2c(OCC(O)CN3CCNC(=O)C3)ccc3ccccc23)cn1. The summed E-state index contributed by atoms with van der Waals surface area (Å²) in [6.07, 6.45) is 1.06. The zero-order chi connectivity index (χ0) is 20.9. The van der Waals surface area contributed by atoms with Crippen LogP contribution >= 0.6 is 0 Å². The lowest BCUT2D eigenvalue weighted by Crippen LogP contribution is -2.50. The third kappa shape index (κ3) is 4.53. The number of aliphatic hydroxyl groups excluding tert-OH is 1. The fraction of sp³-hybridized carbons (Fsp3) is 0.304. The summed E-state index contributed by atoms with van der Waals surface area (Å²) >= 11 is 0. The molecule has 2 aromatic carbocycles. The molecular formula is C23H25N3O4. The van der Waals surface area contributed by atoms with Crippen molar-refractivity contribution >= 4 is 16.7 Å². The van der Waals surface area contributed by atoms with E-state index in [0.29, 0.717) is 31.3 Å². The zero-order valence-corrected chi connectivity index (χ0v) is 16.9. The molecule has 7 heteroatoms. The Morgan fingerprint density at radius 1 is 1.20 bits per heavy atom. The third-order valence-corrected chi connectivity index (χ3v) is 5.14. The van der Waals surface area contributed by atoms with Gasteiger partial charge < -0.3 is 19.9 Å². The van der Waals surface area contributed by atoms with Gasteiger partial charge in [0, 0.05) is 43.0 Å². The van der Waals surface area contributed by atoms with Crippen molar-refractivity contribution in [2.75, 3.05) is 39.9 Å². The molecule has 1 unspecified atom stereocenters. The summed E-state index contributed by atoms with van der Waals surface area (Å²) in [7, 11) is 1.59. The summed E-state index contributed by atoms with van der Waals surface area (Å²) in [5.41, 5.74) is 1.83. The highest BCUT2D eigenvalue weighted by atomic mass is 16.5. The maximum Gasteiger partial charge on any atom is 0.234 e. The highest BCUT2D eigenvalue weighted by molar-refractivity contribution is 5.99. The molecule has 7 nitrogen and oxygen atoms in total. The van der Waals surface area contributed by atoms with Crippen LogP contribution in [-0.2, 0) is 4.79 Å². The summed E-state index contributed by atoms with van der Waals surface area (Å²) in [6, 6.07) is 15.8. The van der Waals surface area contributed by atoms with Crippen molar-refractivity contribution in [3.05, 3.63) is 54.7 Å². The summed E-state index contributed by atoms with van der Waals surface area (Å²) in [4.78, 5) is 17.8. The fourth-order valence-corrected chi connectivity index (χ4v) is 3.70. The Morgan fingerprint density at radius 3 is 2.83 bits per heavy atom. The lowest BCUT2D eigenvalue weighted by Gasteiger charge is -2.28. The number of aliphatic hydroxyl groups is 1. The van der Waals surface area contributed by atoms with Gasteiger partial charge in [-0.05, 0) is 22.9 Å². The monoisotopic (exact) mass is 407 g/mol. The van der Waals surface area contributed by atoms with Crippen LogP contribution < -0.4 is 14.8 Å². The molecule has 1 atom stereocenters. The number of fused-ring (bicyclic) bond motifs is 1. The Morgan fingerprint density at radius 2 is 2.07 bits per heavy atom. The van der Waals surface area contributed by atoms with Crippen molar-refractivity contribution in [2.45, 2.75) is 6.10 Å². The first-order chi connectivity index (χ1) is 14.6. The highest BCUT2D eigenvalue weighted by Crippen LogP contribution is 2.37. The minimum absolute atomic E-state index is 0.0156. The lowest BCUT2D eigenvalue weighted by atomic mass is 9.98. The van der Waals surface area contributed by atoms with Gasteiger partial charge in [0.25, 0.3) is 0 Å². The van der Waals surface area contributed by atoms with Crippen LogP contribution in [0.2, 0.25) is 0 Å². The molecule has 3 aromatic rings. The predicted molar refractivity (Wildman–Crippen MR) is 115 cm³/mol. The van der Waals surface area contributed by atoms with Gasteiger partial charge in [0.05, 0.1) is 13.7 Å². The number of hydrogen-bond donors (Lipinski definition) is 2. The van der Waals surface area contributed by atoms with E-state index in [1.54, 1.807) is 13.3 Å². The highest BCUT2D eigenvalue weighted by Gasteiger charge is 2.20.